The normalized spacial score (nSPS) is 14.7. The number of hydrogen-bond acceptors (Lipinski definition) is 4. The van der Waals surface area contributed by atoms with Crippen molar-refractivity contribution < 1.29 is 9.21 Å². The van der Waals surface area contributed by atoms with Crippen molar-refractivity contribution in [2.45, 2.75) is 26.8 Å². The number of carbonyl (C=O) groups excluding carboxylic acids is 1. The van der Waals surface area contributed by atoms with Crippen molar-refractivity contribution in [3.63, 3.8) is 0 Å². The van der Waals surface area contributed by atoms with Crippen LogP contribution in [0, 0.1) is 13.8 Å². The summed E-state index contributed by atoms with van der Waals surface area (Å²) in [6.45, 7) is 8.04. The maximum absolute atomic E-state index is 12.9. The molecule has 5 rings (SSSR count). The summed E-state index contributed by atoms with van der Waals surface area (Å²) < 4.78 is 7.90. The zero-order valence-electron chi connectivity index (χ0n) is 20.0. The summed E-state index contributed by atoms with van der Waals surface area (Å²) in [5, 5.41) is 5.48. The second kappa shape index (κ2) is 10.0. The van der Waals surface area contributed by atoms with Crippen molar-refractivity contribution in [2.24, 2.45) is 7.05 Å². The molecule has 0 spiro atoms. The summed E-state index contributed by atoms with van der Waals surface area (Å²) in [5.41, 5.74) is 6.11. The van der Waals surface area contributed by atoms with Gasteiger partial charge in [0.05, 0.1) is 6.54 Å². The third-order valence-electron chi connectivity index (χ3n) is 6.54. The van der Waals surface area contributed by atoms with Crippen LogP contribution in [0.5, 0.6) is 0 Å². The number of carbonyl (C=O) groups is 1. The molecule has 1 amide bonds. The first-order valence-corrected chi connectivity index (χ1v) is 11.6. The predicted molar refractivity (Wildman–Crippen MR) is 137 cm³/mol. The van der Waals surface area contributed by atoms with Gasteiger partial charge in [-0.3, -0.25) is 14.4 Å². The predicted octanol–water partition coefficient (Wildman–Crippen LogP) is 5.22. The SMILES string of the molecule is Cc1ccc(-c2ccc3oc(CN4CCCN(C(=O)c5cc(C)n(C)n5)CC4)cc3c2)cc1.Cl. The van der Waals surface area contributed by atoms with Crippen LogP contribution in [0.15, 0.2) is 59.0 Å². The highest BCUT2D eigenvalue weighted by molar-refractivity contribution is 5.92. The lowest BCUT2D eigenvalue weighted by atomic mass is 10.0. The molecule has 2 aromatic carbocycles. The maximum Gasteiger partial charge on any atom is 0.274 e. The molecule has 178 valence electrons. The molecule has 1 aliphatic heterocycles. The number of benzene rings is 2. The number of nitrogens with zero attached hydrogens (tertiary/aromatic N) is 4. The van der Waals surface area contributed by atoms with E-state index in [2.05, 4.69) is 65.5 Å². The Bertz CT molecular complexity index is 1270. The van der Waals surface area contributed by atoms with Gasteiger partial charge in [-0.15, -0.1) is 12.4 Å². The van der Waals surface area contributed by atoms with E-state index in [9.17, 15) is 4.79 Å². The second-order valence-electron chi connectivity index (χ2n) is 9.05. The molecule has 1 saturated heterocycles. The highest BCUT2D eigenvalue weighted by atomic mass is 35.5. The summed E-state index contributed by atoms with van der Waals surface area (Å²) in [4.78, 5) is 17.2. The monoisotopic (exact) mass is 478 g/mol. The molecule has 0 aliphatic carbocycles. The molecule has 0 radical (unpaired) electrons. The molecule has 6 nitrogen and oxygen atoms in total. The van der Waals surface area contributed by atoms with Crippen LogP contribution < -0.4 is 0 Å². The Morgan fingerprint density at radius 2 is 1.71 bits per heavy atom. The number of aromatic nitrogens is 2. The maximum atomic E-state index is 12.9. The van der Waals surface area contributed by atoms with Gasteiger partial charge in [0.1, 0.15) is 11.3 Å². The minimum absolute atomic E-state index is 0. The first kappa shape index (κ1) is 24.0. The van der Waals surface area contributed by atoms with Crippen LogP contribution in [-0.2, 0) is 13.6 Å². The van der Waals surface area contributed by atoms with Crippen molar-refractivity contribution >= 4 is 29.3 Å². The van der Waals surface area contributed by atoms with E-state index in [1.807, 2.05) is 24.9 Å². The van der Waals surface area contributed by atoms with Crippen LogP contribution in [0.25, 0.3) is 22.1 Å². The van der Waals surface area contributed by atoms with E-state index in [0.717, 1.165) is 55.0 Å². The molecule has 4 aromatic rings. The topological polar surface area (TPSA) is 54.5 Å². The fourth-order valence-electron chi connectivity index (χ4n) is 4.48. The van der Waals surface area contributed by atoms with E-state index < -0.39 is 0 Å². The van der Waals surface area contributed by atoms with Gasteiger partial charge in [0.25, 0.3) is 5.91 Å². The smallest absolute Gasteiger partial charge is 0.274 e. The van der Waals surface area contributed by atoms with Crippen LogP contribution in [0.4, 0.5) is 0 Å². The van der Waals surface area contributed by atoms with Crippen LogP contribution in [0.2, 0.25) is 0 Å². The molecular weight excluding hydrogens is 448 g/mol. The Balaban J connectivity index is 0.00000274. The van der Waals surface area contributed by atoms with Gasteiger partial charge in [-0.25, -0.2) is 0 Å². The molecule has 34 heavy (non-hydrogen) atoms. The lowest BCUT2D eigenvalue weighted by Crippen LogP contribution is -2.35. The Morgan fingerprint density at radius 3 is 2.44 bits per heavy atom. The molecule has 1 aliphatic rings. The fraction of sp³-hybridized carbons (Fsp3) is 0.333. The number of furan rings is 1. The van der Waals surface area contributed by atoms with Crippen molar-refractivity contribution in [2.75, 3.05) is 26.2 Å². The van der Waals surface area contributed by atoms with Crippen LogP contribution in [0.1, 0.15) is 33.9 Å². The number of amides is 1. The van der Waals surface area contributed by atoms with E-state index in [1.165, 1.54) is 16.7 Å². The largest absolute Gasteiger partial charge is 0.460 e. The van der Waals surface area contributed by atoms with E-state index in [0.29, 0.717) is 12.2 Å². The number of hydrogen-bond donors (Lipinski definition) is 0. The van der Waals surface area contributed by atoms with E-state index in [4.69, 9.17) is 4.42 Å². The van der Waals surface area contributed by atoms with Crippen LogP contribution >= 0.6 is 12.4 Å². The van der Waals surface area contributed by atoms with Gasteiger partial charge in [-0.05, 0) is 55.7 Å². The molecule has 0 atom stereocenters. The number of fused-ring (bicyclic) bond motifs is 1. The molecular formula is C27H31ClN4O2. The Labute approximate surface area is 206 Å². The van der Waals surface area contributed by atoms with Crippen molar-refractivity contribution in [3.8, 4) is 11.1 Å². The molecule has 1 fully saturated rings. The quantitative estimate of drug-likeness (QED) is 0.403. The van der Waals surface area contributed by atoms with Gasteiger partial charge >= 0.3 is 0 Å². The highest BCUT2D eigenvalue weighted by Crippen LogP contribution is 2.27. The first-order chi connectivity index (χ1) is 16.0. The standard InChI is InChI=1S/C27H30N4O2.ClH/c1-19-5-7-21(8-6-19)22-9-10-26-23(16-22)17-24(33-26)18-30-11-4-12-31(14-13-30)27(32)25-15-20(2)29(3)28-25;/h5-10,15-17H,4,11-14,18H2,1-3H3;1H. The van der Waals surface area contributed by atoms with Crippen molar-refractivity contribution in [3.05, 3.63) is 77.3 Å². The Kier molecular flexibility index (Phi) is 7.10. The van der Waals surface area contributed by atoms with Gasteiger partial charge in [-0.1, -0.05) is 35.9 Å². The zero-order chi connectivity index (χ0) is 22.9. The third-order valence-corrected chi connectivity index (χ3v) is 6.54. The average molecular weight is 479 g/mol. The van der Waals surface area contributed by atoms with Gasteiger partial charge in [0.2, 0.25) is 0 Å². The molecule has 0 saturated carbocycles. The lowest BCUT2D eigenvalue weighted by molar-refractivity contribution is 0.0754. The highest BCUT2D eigenvalue weighted by Gasteiger charge is 2.23. The summed E-state index contributed by atoms with van der Waals surface area (Å²) in [6, 6.07) is 19.0. The van der Waals surface area contributed by atoms with Gasteiger partial charge in [-0.2, -0.15) is 5.10 Å². The lowest BCUT2D eigenvalue weighted by Gasteiger charge is -2.20. The van der Waals surface area contributed by atoms with E-state index >= 15 is 0 Å². The third kappa shape index (κ3) is 5.03. The van der Waals surface area contributed by atoms with E-state index in [1.54, 1.807) is 4.68 Å². The van der Waals surface area contributed by atoms with Gasteiger partial charge in [0.15, 0.2) is 5.69 Å². The first-order valence-electron chi connectivity index (χ1n) is 11.6. The van der Waals surface area contributed by atoms with Crippen LogP contribution in [0.3, 0.4) is 0 Å². The summed E-state index contributed by atoms with van der Waals surface area (Å²) in [5.74, 6) is 0.985. The Hall–Kier alpha value is -3.09. The zero-order valence-corrected chi connectivity index (χ0v) is 20.8. The van der Waals surface area contributed by atoms with Gasteiger partial charge in [0, 0.05) is 44.3 Å². The van der Waals surface area contributed by atoms with Crippen molar-refractivity contribution in [1.29, 1.82) is 0 Å². The summed E-state index contributed by atoms with van der Waals surface area (Å²) in [6.07, 6.45) is 0.940. The minimum atomic E-state index is 0. The fourth-order valence-corrected chi connectivity index (χ4v) is 4.48. The van der Waals surface area contributed by atoms with Crippen molar-refractivity contribution in [1.82, 2.24) is 19.6 Å². The molecule has 7 heteroatoms. The summed E-state index contributed by atoms with van der Waals surface area (Å²) in [7, 11) is 1.87. The summed E-state index contributed by atoms with van der Waals surface area (Å²) >= 11 is 0. The van der Waals surface area contributed by atoms with Crippen LogP contribution in [-0.4, -0.2) is 51.7 Å². The molecule has 0 N–H and O–H groups in total. The number of aryl methyl sites for hydroxylation is 3. The number of rotatable bonds is 4. The van der Waals surface area contributed by atoms with E-state index in [-0.39, 0.29) is 18.3 Å². The second-order valence-corrected chi connectivity index (χ2v) is 9.05. The molecule has 0 unspecified atom stereocenters. The molecule has 3 heterocycles. The minimum Gasteiger partial charge on any atom is -0.460 e. The van der Waals surface area contributed by atoms with Gasteiger partial charge < -0.3 is 9.32 Å². The molecule has 2 aromatic heterocycles. The number of halogens is 1. The molecule has 0 bridgehead atoms. The Morgan fingerprint density at radius 1 is 0.941 bits per heavy atom. The average Bonchev–Trinajstić information content (AvgIpc) is 3.27.